The number of rotatable bonds is 9. The highest BCUT2D eigenvalue weighted by atomic mass is 32.2. The molecule has 0 N–H and O–H groups in total. The standard InChI is InChI=1S/C25H29F2N3O2S2/c1-17(2)33-20-6-4-18(5-7-20)14-23(31)30(9-3-8-29-10-12-32-13-11-29)25-28-24-21(27)15-19(26)16-22(24)34-25/h4-7,15-17H,3,8-14H2,1-2H3. The van der Waals surface area contributed by atoms with E-state index < -0.39 is 11.6 Å². The lowest BCUT2D eigenvalue weighted by atomic mass is 10.1. The Morgan fingerprint density at radius 1 is 1.21 bits per heavy atom. The molecule has 9 heteroatoms. The third kappa shape index (κ3) is 6.53. The number of benzene rings is 2. The number of hydrogen-bond donors (Lipinski definition) is 0. The van der Waals surface area contributed by atoms with Gasteiger partial charge in [-0.3, -0.25) is 14.6 Å². The normalized spacial score (nSPS) is 14.7. The topological polar surface area (TPSA) is 45.7 Å². The van der Waals surface area contributed by atoms with Gasteiger partial charge in [0.05, 0.1) is 24.3 Å². The number of amides is 1. The molecule has 0 unspecified atom stereocenters. The molecule has 1 aliphatic heterocycles. The summed E-state index contributed by atoms with van der Waals surface area (Å²) >= 11 is 2.92. The minimum absolute atomic E-state index is 0.0995. The third-order valence-corrected chi connectivity index (χ3v) is 7.59. The van der Waals surface area contributed by atoms with Gasteiger partial charge in [0.15, 0.2) is 10.9 Å². The summed E-state index contributed by atoms with van der Waals surface area (Å²) in [5.74, 6) is -1.47. The molecule has 5 nitrogen and oxygen atoms in total. The molecule has 34 heavy (non-hydrogen) atoms. The highest BCUT2D eigenvalue weighted by Gasteiger charge is 2.22. The van der Waals surface area contributed by atoms with E-state index in [4.69, 9.17) is 4.74 Å². The lowest BCUT2D eigenvalue weighted by Crippen LogP contribution is -2.39. The van der Waals surface area contributed by atoms with Crippen molar-refractivity contribution in [3.63, 3.8) is 0 Å². The number of hydrogen-bond acceptors (Lipinski definition) is 6. The van der Waals surface area contributed by atoms with Crippen molar-refractivity contribution in [2.75, 3.05) is 44.3 Å². The maximum absolute atomic E-state index is 14.3. The fraction of sp³-hybridized carbons (Fsp3) is 0.440. The fourth-order valence-corrected chi connectivity index (χ4v) is 5.78. The van der Waals surface area contributed by atoms with Crippen LogP contribution in [0.5, 0.6) is 0 Å². The molecule has 0 aliphatic carbocycles. The Morgan fingerprint density at radius 3 is 2.65 bits per heavy atom. The van der Waals surface area contributed by atoms with Crippen LogP contribution in [0.25, 0.3) is 10.2 Å². The molecule has 0 saturated carbocycles. The van der Waals surface area contributed by atoms with E-state index in [1.807, 2.05) is 24.3 Å². The smallest absolute Gasteiger partial charge is 0.233 e. The van der Waals surface area contributed by atoms with E-state index in [0.717, 1.165) is 67.1 Å². The third-order valence-electron chi connectivity index (χ3n) is 5.54. The molecule has 0 atom stereocenters. The molecule has 0 spiro atoms. The first kappa shape index (κ1) is 25.0. The van der Waals surface area contributed by atoms with E-state index in [-0.39, 0.29) is 17.8 Å². The maximum atomic E-state index is 14.3. The predicted octanol–water partition coefficient (Wildman–Crippen LogP) is 5.37. The molecular formula is C25H29F2N3O2S2. The highest BCUT2D eigenvalue weighted by molar-refractivity contribution is 7.99. The van der Waals surface area contributed by atoms with Crippen LogP contribution in [0.2, 0.25) is 0 Å². The summed E-state index contributed by atoms with van der Waals surface area (Å²) in [5.41, 5.74) is 1.01. The summed E-state index contributed by atoms with van der Waals surface area (Å²) < 4.78 is 33.8. The van der Waals surface area contributed by atoms with Crippen molar-refractivity contribution in [3.05, 3.63) is 53.6 Å². The van der Waals surface area contributed by atoms with Crippen LogP contribution >= 0.6 is 23.1 Å². The Labute approximate surface area is 207 Å². The van der Waals surface area contributed by atoms with Crippen LogP contribution in [0.15, 0.2) is 41.3 Å². The van der Waals surface area contributed by atoms with Gasteiger partial charge in [-0.2, -0.15) is 0 Å². The number of thioether (sulfide) groups is 1. The zero-order valence-corrected chi connectivity index (χ0v) is 21.1. The monoisotopic (exact) mass is 505 g/mol. The number of ether oxygens (including phenoxy) is 1. The van der Waals surface area contributed by atoms with Crippen LogP contribution in [-0.2, 0) is 16.0 Å². The van der Waals surface area contributed by atoms with Crippen LogP contribution < -0.4 is 4.90 Å². The van der Waals surface area contributed by atoms with Crippen molar-refractivity contribution >= 4 is 44.4 Å². The van der Waals surface area contributed by atoms with Gasteiger partial charge in [-0.1, -0.05) is 37.3 Å². The summed E-state index contributed by atoms with van der Waals surface area (Å²) in [6.07, 6.45) is 0.972. The number of fused-ring (bicyclic) bond motifs is 1. The minimum Gasteiger partial charge on any atom is -0.379 e. The molecule has 1 aliphatic rings. The molecular weight excluding hydrogens is 476 g/mol. The van der Waals surface area contributed by atoms with Gasteiger partial charge in [0.1, 0.15) is 11.3 Å². The number of anilines is 1. The van der Waals surface area contributed by atoms with Gasteiger partial charge in [-0.25, -0.2) is 13.8 Å². The van der Waals surface area contributed by atoms with Crippen molar-refractivity contribution in [1.29, 1.82) is 0 Å². The summed E-state index contributed by atoms with van der Waals surface area (Å²) in [6.45, 7) is 8.77. The molecule has 4 rings (SSSR count). The Kier molecular flexibility index (Phi) is 8.52. The van der Waals surface area contributed by atoms with Gasteiger partial charge in [0, 0.05) is 42.4 Å². The molecule has 3 aromatic rings. The van der Waals surface area contributed by atoms with Gasteiger partial charge in [-0.15, -0.1) is 11.8 Å². The number of carbonyl (C=O) groups excluding carboxylic acids is 1. The zero-order valence-electron chi connectivity index (χ0n) is 19.4. The Balaban J connectivity index is 1.51. The van der Waals surface area contributed by atoms with Crippen molar-refractivity contribution in [2.45, 2.75) is 36.8 Å². The summed E-state index contributed by atoms with van der Waals surface area (Å²) in [4.78, 5) is 22.8. The van der Waals surface area contributed by atoms with Gasteiger partial charge in [-0.05, 0) is 30.2 Å². The Morgan fingerprint density at radius 2 is 1.94 bits per heavy atom. The minimum atomic E-state index is -0.712. The fourth-order valence-electron chi connectivity index (χ4n) is 3.89. The average Bonchev–Trinajstić information content (AvgIpc) is 3.22. The summed E-state index contributed by atoms with van der Waals surface area (Å²) in [7, 11) is 0. The van der Waals surface area contributed by atoms with Crippen LogP contribution in [0.4, 0.5) is 13.9 Å². The number of morpholine rings is 1. The van der Waals surface area contributed by atoms with E-state index >= 15 is 0 Å². The van der Waals surface area contributed by atoms with E-state index in [9.17, 15) is 13.6 Å². The Hall–Kier alpha value is -2.07. The lowest BCUT2D eigenvalue weighted by molar-refractivity contribution is -0.118. The molecule has 1 saturated heterocycles. The quantitative estimate of drug-likeness (QED) is 0.366. The number of aromatic nitrogens is 1. The first-order valence-corrected chi connectivity index (χ1v) is 13.2. The molecule has 2 aromatic carbocycles. The molecule has 2 heterocycles. The zero-order chi connectivity index (χ0) is 24.1. The number of nitrogens with zero attached hydrogens (tertiary/aromatic N) is 3. The number of halogens is 2. The van der Waals surface area contributed by atoms with E-state index in [1.54, 1.807) is 16.7 Å². The van der Waals surface area contributed by atoms with E-state index in [1.165, 1.54) is 6.07 Å². The van der Waals surface area contributed by atoms with Gasteiger partial charge in [0.2, 0.25) is 5.91 Å². The second kappa shape index (κ2) is 11.6. The molecule has 182 valence electrons. The van der Waals surface area contributed by atoms with Gasteiger partial charge >= 0.3 is 0 Å². The van der Waals surface area contributed by atoms with E-state index in [2.05, 4.69) is 23.7 Å². The molecule has 1 fully saturated rings. The average molecular weight is 506 g/mol. The summed E-state index contributed by atoms with van der Waals surface area (Å²) in [6, 6.07) is 10.1. The van der Waals surface area contributed by atoms with Crippen LogP contribution in [0.3, 0.4) is 0 Å². The molecule has 0 radical (unpaired) electrons. The van der Waals surface area contributed by atoms with Crippen molar-refractivity contribution < 1.29 is 18.3 Å². The lowest BCUT2D eigenvalue weighted by Gasteiger charge is -2.27. The van der Waals surface area contributed by atoms with Crippen LogP contribution in [-0.4, -0.2) is 60.4 Å². The Bertz CT molecular complexity index is 1120. The number of carbonyl (C=O) groups is 1. The molecule has 1 aromatic heterocycles. The van der Waals surface area contributed by atoms with Crippen molar-refractivity contribution in [2.24, 2.45) is 0 Å². The largest absolute Gasteiger partial charge is 0.379 e. The first-order chi connectivity index (χ1) is 16.4. The maximum Gasteiger partial charge on any atom is 0.233 e. The molecule has 0 bridgehead atoms. The van der Waals surface area contributed by atoms with Gasteiger partial charge in [0.25, 0.3) is 0 Å². The second-order valence-electron chi connectivity index (χ2n) is 8.57. The second-order valence-corrected chi connectivity index (χ2v) is 11.2. The van der Waals surface area contributed by atoms with Crippen molar-refractivity contribution in [3.8, 4) is 0 Å². The van der Waals surface area contributed by atoms with Crippen LogP contribution in [0, 0.1) is 11.6 Å². The molecule has 1 amide bonds. The van der Waals surface area contributed by atoms with E-state index in [0.29, 0.717) is 21.6 Å². The van der Waals surface area contributed by atoms with Gasteiger partial charge < -0.3 is 4.74 Å². The van der Waals surface area contributed by atoms with Crippen molar-refractivity contribution in [1.82, 2.24) is 9.88 Å². The first-order valence-electron chi connectivity index (χ1n) is 11.5. The van der Waals surface area contributed by atoms with Crippen LogP contribution in [0.1, 0.15) is 25.8 Å². The number of thiazole rings is 1. The SMILES string of the molecule is CC(C)Sc1ccc(CC(=O)N(CCCN2CCOCC2)c2nc3c(F)cc(F)cc3s2)cc1. The highest BCUT2D eigenvalue weighted by Crippen LogP contribution is 2.32. The predicted molar refractivity (Wildman–Crippen MR) is 135 cm³/mol. The summed E-state index contributed by atoms with van der Waals surface area (Å²) in [5, 5.41) is 0.886.